The van der Waals surface area contributed by atoms with Gasteiger partial charge in [0.05, 0.1) is 10.9 Å². The summed E-state index contributed by atoms with van der Waals surface area (Å²) in [4.78, 5) is 10.3. The molecule has 0 saturated heterocycles. The van der Waals surface area contributed by atoms with Gasteiger partial charge in [-0.2, -0.15) is 0 Å². The number of rotatable bonds is 2. The quantitative estimate of drug-likeness (QED) is 0.837. The Balaban J connectivity index is 3.08. The van der Waals surface area contributed by atoms with E-state index in [1.807, 2.05) is 0 Å². The summed E-state index contributed by atoms with van der Waals surface area (Å²) in [5.41, 5.74) is 0.391. The minimum absolute atomic E-state index is 0.128. The highest BCUT2D eigenvalue weighted by Crippen LogP contribution is 2.24. The molecule has 0 aromatic heterocycles. The number of carbonyl (C=O) groups is 1. The normalized spacial score (nSPS) is 10.1. The van der Waals surface area contributed by atoms with Crippen LogP contribution in [0.25, 0.3) is 0 Å². The molecule has 0 saturated carbocycles. The molecule has 0 bridgehead atoms. The van der Waals surface area contributed by atoms with Crippen molar-refractivity contribution in [3.05, 3.63) is 33.0 Å². The zero-order valence-corrected chi connectivity index (χ0v) is 8.69. The molecular formula is C8H5BrClFO2. The highest BCUT2D eigenvalue weighted by molar-refractivity contribution is 9.10. The molecule has 0 fully saturated rings. The van der Waals surface area contributed by atoms with E-state index in [0.29, 0.717) is 5.56 Å². The van der Waals surface area contributed by atoms with Crippen LogP contribution in [0.5, 0.6) is 0 Å². The van der Waals surface area contributed by atoms with Gasteiger partial charge >= 0.3 is 5.97 Å². The Bertz CT molecular complexity index is 354. The zero-order valence-electron chi connectivity index (χ0n) is 6.35. The SMILES string of the molecule is O=C(O)Cc1cc(Br)c(F)cc1Cl. The number of benzene rings is 1. The largest absolute Gasteiger partial charge is 0.481 e. The molecule has 0 amide bonds. The first kappa shape index (κ1) is 10.5. The highest BCUT2D eigenvalue weighted by Gasteiger charge is 2.09. The van der Waals surface area contributed by atoms with Crippen molar-refractivity contribution in [2.75, 3.05) is 0 Å². The van der Waals surface area contributed by atoms with Gasteiger partial charge in [0.2, 0.25) is 0 Å². The van der Waals surface area contributed by atoms with Crippen molar-refractivity contribution >= 4 is 33.5 Å². The van der Waals surface area contributed by atoms with Gasteiger partial charge in [0, 0.05) is 5.02 Å². The van der Waals surface area contributed by atoms with E-state index in [0.717, 1.165) is 6.07 Å². The van der Waals surface area contributed by atoms with Crippen LogP contribution >= 0.6 is 27.5 Å². The molecule has 13 heavy (non-hydrogen) atoms. The second kappa shape index (κ2) is 4.07. The van der Waals surface area contributed by atoms with Gasteiger partial charge in [-0.15, -0.1) is 0 Å². The maximum Gasteiger partial charge on any atom is 0.307 e. The molecule has 0 unspecified atom stereocenters. The molecule has 1 aromatic carbocycles. The third-order valence-corrected chi connectivity index (χ3v) is 2.39. The van der Waals surface area contributed by atoms with Crippen molar-refractivity contribution in [2.24, 2.45) is 0 Å². The highest BCUT2D eigenvalue weighted by atomic mass is 79.9. The standard InChI is InChI=1S/C8H5BrClFO2/c9-5-1-4(2-8(12)13)6(10)3-7(5)11/h1,3H,2H2,(H,12,13). The number of halogens is 3. The molecule has 0 aliphatic carbocycles. The van der Waals surface area contributed by atoms with Gasteiger partial charge in [0.1, 0.15) is 5.82 Å². The first-order valence-corrected chi connectivity index (χ1v) is 4.53. The van der Waals surface area contributed by atoms with E-state index in [2.05, 4.69) is 15.9 Å². The fourth-order valence-corrected chi connectivity index (χ4v) is 1.47. The Hall–Kier alpha value is -0.610. The summed E-state index contributed by atoms with van der Waals surface area (Å²) in [6, 6.07) is 2.45. The van der Waals surface area contributed by atoms with Crippen molar-refractivity contribution in [1.82, 2.24) is 0 Å². The predicted molar refractivity (Wildman–Crippen MR) is 50.4 cm³/mol. The summed E-state index contributed by atoms with van der Waals surface area (Å²) in [6.07, 6.45) is -0.211. The maximum absolute atomic E-state index is 12.8. The van der Waals surface area contributed by atoms with Crippen LogP contribution in [0.3, 0.4) is 0 Å². The second-order valence-electron chi connectivity index (χ2n) is 2.43. The van der Waals surface area contributed by atoms with E-state index in [-0.39, 0.29) is 15.9 Å². The molecule has 1 rings (SSSR count). The van der Waals surface area contributed by atoms with Crippen molar-refractivity contribution < 1.29 is 14.3 Å². The summed E-state index contributed by atoms with van der Waals surface area (Å²) in [6.45, 7) is 0. The van der Waals surface area contributed by atoms with Crippen LogP contribution in [0.15, 0.2) is 16.6 Å². The van der Waals surface area contributed by atoms with Gasteiger partial charge in [0.15, 0.2) is 0 Å². The molecule has 0 aliphatic rings. The van der Waals surface area contributed by atoms with Gasteiger partial charge in [-0.3, -0.25) is 4.79 Å². The first-order chi connectivity index (χ1) is 6.00. The molecule has 0 radical (unpaired) electrons. The number of aliphatic carboxylic acids is 1. The molecule has 0 heterocycles. The third kappa shape index (κ3) is 2.67. The molecule has 70 valence electrons. The summed E-state index contributed by atoms with van der Waals surface area (Å²) < 4.78 is 13.0. The van der Waals surface area contributed by atoms with Crippen LogP contribution in [0.2, 0.25) is 5.02 Å². The summed E-state index contributed by atoms with van der Waals surface area (Å²) in [7, 11) is 0. The van der Waals surface area contributed by atoms with E-state index in [4.69, 9.17) is 16.7 Å². The third-order valence-electron chi connectivity index (χ3n) is 1.43. The molecule has 2 nitrogen and oxygen atoms in total. The molecule has 1 aromatic rings. The van der Waals surface area contributed by atoms with Crippen molar-refractivity contribution in [3.8, 4) is 0 Å². The number of hydrogen-bond donors (Lipinski definition) is 1. The lowest BCUT2D eigenvalue weighted by atomic mass is 10.1. The van der Waals surface area contributed by atoms with Gasteiger partial charge < -0.3 is 5.11 Å². The predicted octanol–water partition coefficient (Wildman–Crippen LogP) is 2.87. The summed E-state index contributed by atoms with van der Waals surface area (Å²) >= 11 is 8.56. The second-order valence-corrected chi connectivity index (χ2v) is 3.69. The molecule has 0 spiro atoms. The Morgan fingerprint density at radius 1 is 1.62 bits per heavy atom. The van der Waals surface area contributed by atoms with E-state index < -0.39 is 11.8 Å². The Labute approximate surface area is 87.5 Å². The Morgan fingerprint density at radius 3 is 2.77 bits per heavy atom. The van der Waals surface area contributed by atoms with Crippen LogP contribution < -0.4 is 0 Å². The van der Waals surface area contributed by atoms with Crippen LogP contribution in [0, 0.1) is 5.82 Å². The Morgan fingerprint density at radius 2 is 2.23 bits per heavy atom. The number of hydrogen-bond acceptors (Lipinski definition) is 1. The fourth-order valence-electron chi connectivity index (χ4n) is 0.862. The molecule has 5 heteroatoms. The van der Waals surface area contributed by atoms with Gasteiger partial charge in [0.25, 0.3) is 0 Å². The van der Waals surface area contributed by atoms with Crippen LogP contribution in [-0.2, 0) is 11.2 Å². The van der Waals surface area contributed by atoms with Crippen LogP contribution in [-0.4, -0.2) is 11.1 Å². The molecule has 0 atom stereocenters. The van der Waals surface area contributed by atoms with Crippen molar-refractivity contribution in [2.45, 2.75) is 6.42 Å². The minimum Gasteiger partial charge on any atom is -0.481 e. The lowest BCUT2D eigenvalue weighted by Crippen LogP contribution is -2.01. The monoisotopic (exact) mass is 266 g/mol. The van der Waals surface area contributed by atoms with Crippen LogP contribution in [0.1, 0.15) is 5.56 Å². The number of carboxylic acids is 1. The Kier molecular flexibility index (Phi) is 3.27. The zero-order chi connectivity index (χ0) is 10.0. The van der Waals surface area contributed by atoms with E-state index >= 15 is 0 Å². The first-order valence-electron chi connectivity index (χ1n) is 3.36. The van der Waals surface area contributed by atoms with E-state index in [9.17, 15) is 9.18 Å². The fraction of sp³-hybridized carbons (Fsp3) is 0.125. The van der Waals surface area contributed by atoms with Gasteiger partial charge in [-0.05, 0) is 33.6 Å². The van der Waals surface area contributed by atoms with Gasteiger partial charge in [-0.25, -0.2) is 4.39 Å². The van der Waals surface area contributed by atoms with Crippen molar-refractivity contribution in [1.29, 1.82) is 0 Å². The molecule has 0 aliphatic heterocycles. The van der Waals surface area contributed by atoms with Crippen molar-refractivity contribution in [3.63, 3.8) is 0 Å². The lowest BCUT2D eigenvalue weighted by Gasteiger charge is -2.02. The average Bonchev–Trinajstić information content (AvgIpc) is 1.99. The summed E-state index contributed by atoms with van der Waals surface area (Å²) in [5.74, 6) is -1.50. The average molecular weight is 267 g/mol. The van der Waals surface area contributed by atoms with E-state index in [1.54, 1.807) is 0 Å². The lowest BCUT2D eigenvalue weighted by molar-refractivity contribution is -0.136. The minimum atomic E-state index is -1.000. The number of carboxylic acid groups (broad SMARTS) is 1. The molecular weight excluding hydrogens is 262 g/mol. The topological polar surface area (TPSA) is 37.3 Å². The smallest absolute Gasteiger partial charge is 0.307 e. The molecule has 1 N–H and O–H groups in total. The van der Waals surface area contributed by atoms with Crippen LogP contribution in [0.4, 0.5) is 4.39 Å². The maximum atomic E-state index is 12.8. The van der Waals surface area contributed by atoms with Gasteiger partial charge in [-0.1, -0.05) is 11.6 Å². The summed E-state index contributed by atoms with van der Waals surface area (Å²) in [5, 5.41) is 8.61. The van der Waals surface area contributed by atoms with E-state index in [1.165, 1.54) is 6.07 Å².